The van der Waals surface area contributed by atoms with E-state index < -0.39 is 46.6 Å². The third kappa shape index (κ3) is 2.94. The van der Waals surface area contributed by atoms with Crippen molar-refractivity contribution in [2.75, 3.05) is 0 Å². The molecule has 0 amide bonds. The minimum Gasteiger partial charge on any atom is -0.481 e. The van der Waals surface area contributed by atoms with Crippen LogP contribution in [0.15, 0.2) is 12.1 Å². The summed E-state index contributed by atoms with van der Waals surface area (Å²) in [7, 11) is 0. The van der Waals surface area contributed by atoms with Crippen LogP contribution in [0.3, 0.4) is 0 Å². The van der Waals surface area contributed by atoms with Crippen molar-refractivity contribution in [2.45, 2.75) is 26.2 Å². The smallest absolute Gasteiger partial charge is 0.307 e. The van der Waals surface area contributed by atoms with E-state index in [4.69, 9.17) is 0 Å². The summed E-state index contributed by atoms with van der Waals surface area (Å²) in [6.07, 6.45) is 1.38. The molecule has 0 aromatic heterocycles. The van der Waals surface area contributed by atoms with Crippen LogP contribution in [-0.4, -0.2) is 16.9 Å². The maximum absolute atomic E-state index is 13.7. The van der Waals surface area contributed by atoms with Gasteiger partial charge in [-0.2, -0.15) is 0 Å². The molecule has 1 aromatic carbocycles. The topological polar surface area (TPSA) is 54.4 Å². The number of hydrogen-bond donors (Lipinski definition) is 1. The third-order valence-electron chi connectivity index (χ3n) is 4.17. The second-order valence-corrected chi connectivity index (χ2v) is 5.41. The first kappa shape index (κ1) is 15.5. The molecule has 1 fully saturated rings. The molecule has 0 saturated heterocycles. The van der Waals surface area contributed by atoms with Gasteiger partial charge < -0.3 is 5.11 Å². The van der Waals surface area contributed by atoms with E-state index in [2.05, 4.69) is 0 Å². The summed E-state index contributed by atoms with van der Waals surface area (Å²) in [6.45, 7) is 1.88. The highest BCUT2D eigenvalue weighted by atomic mass is 19.2. The van der Waals surface area contributed by atoms with Crippen LogP contribution in [0.1, 0.15) is 36.5 Å². The van der Waals surface area contributed by atoms with Gasteiger partial charge in [-0.05, 0) is 24.8 Å². The van der Waals surface area contributed by atoms with Crippen LogP contribution < -0.4 is 0 Å². The molecule has 1 saturated carbocycles. The number of carbonyl (C=O) groups is 2. The molecule has 0 heterocycles. The number of halogens is 3. The van der Waals surface area contributed by atoms with Gasteiger partial charge in [0.05, 0.1) is 11.5 Å². The third-order valence-corrected chi connectivity index (χ3v) is 4.17. The van der Waals surface area contributed by atoms with Gasteiger partial charge in [0.25, 0.3) is 0 Å². The standard InChI is InChI=1S/C15H15F3O3/c1-2-7-3-8(9(4-7)15(20)21)14(19)10-5-12(17)13(18)6-11(10)16/h5-9H,2-4H2,1H3,(H,20,21). The van der Waals surface area contributed by atoms with E-state index >= 15 is 0 Å². The lowest BCUT2D eigenvalue weighted by molar-refractivity contribution is -0.142. The first-order chi connectivity index (χ1) is 9.85. The van der Waals surface area contributed by atoms with Crippen LogP contribution in [0, 0.1) is 35.2 Å². The van der Waals surface area contributed by atoms with Gasteiger partial charge in [0.15, 0.2) is 17.4 Å². The fourth-order valence-electron chi connectivity index (χ4n) is 2.95. The van der Waals surface area contributed by atoms with Gasteiger partial charge in [-0.1, -0.05) is 13.3 Å². The van der Waals surface area contributed by atoms with Crippen molar-refractivity contribution in [3.05, 3.63) is 35.1 Å². The molecule has 1 aliphatic rings. The molecule has 3 nitrogen and oxygen atoms in total. The van der Waals surface area contributed by atoms with Crippen molar-refractivity contribution in [3.8, 4) is 0 Å². The lowest BCUT2D eigenvalue weighted by atomic mass is 9.88. The molecule has 6 heteroatoms. The van der Waals surface area contributed by atoms with Crippen molar-refractivity contribution >= 4 is 11.8 Å². The maximum atomic E-state index is 13.7. The molecule has 0 aliphatic heterocycles. The zero-order chi connectivity index (χ0) is 15.7. The largest absolute Gasteiger partial charge is 0.481 e. The van der Waals surface area contributed by atoms with Crippen LogP contribution in [-0.2, 0) is 4.79 Å². The molecule has 0 bridgehead atoms. The van der Waals surface area contributed by atoms with Gasteiger partial charge in [-0.25, -0.2) is 13.2 Å². The fraction of sp³-hybridized carbons (Fsp3) is 0.467. The van der Waals surface area contributed by atoms with E-state index in [0.717, 1.165) is 0 Å². The molecule has 2 rings (SSSR count). The Morgan fingerprint density at radius 1 is 1.10 bits per heavy atom. The lowest BCUT2D eigenvalue weighted by Gasteiger charge is -2.15. The molecular weight excluding hydrogens is 285 g/mol. The van der Waals surface area contributed by atoms with Crippen LogP contribution in [0.5, 0.6) is 0 Å². The SMILES string of the molecule is CCC1CC(C(=O)O)C(C(=O)c2cc(F)c(F)cc2F)C1. The number of carboxylic acids is 1. The lowest BCUT2D eigenvalue weighted by Crippen LogP contribution is -2.26. The van der Waals surface area contributed by atoms with Crippen molar-refractivity contribution < 1.29 is 27.9 Å². The Kier molecular flexibility index (Phi) is 4.34. The summed E-state index contributed by atoms with van der Waals surface area (Å²) < 4.78 is 39.8. The van der Waals surface area contributed by atoms with Crippen LogP contribution >= 0.6 is 0 Å². The molecule has 21 heavy (non-hydrogen) atoms. The first-order valence-corrected chi connectivity index (χ1v) is 6.76. The Bertz CT molecular complexity index is 586. The Morgan fingerprint density at radius 2 is 1.67 bits per heavy atom. The van der Waals surface area contributed by atoms with Gasteiger partial charge >= 0.3 is 5.97 Å². The molecule has 1 N–H and O–H groups in total. The minimum absolute atomic E-state index is 0.0633. The van der Waals surface area contributed by atoms with Gasteiger partial charge in [0.2, 0.25) is 0 Å². The number of carboxylic acid groups (broad SMARTS) is 1. The van der Waals surface area contributed by atoms with E-state index in [1.54, 1.807) is 0 Å². The summed E-state index contributed by atoms with van der Waals surface area (Å²) in [5.74, 6) is -7.49. The second kappa shape index (κ2) is 5.87. The van der Waals surface area contributed by atoms with E-state index in [9.17, 15) is 27.9 Å². The van der Waals surface area contributed by atoms with Crippen molar-refractivity contribution in [1.82, 2.24) is 0 Å². The van der Waals surface area contributed by atoms with E-state index in [1.165, 1.54) is 0 Å². The monoisotopic (exact) mass is 300 g/mol. The van der Waals surface area contributed by atoms with E-state index in [1.807, 2.05) is 6.92 Å². The quantitative estimate of drug-likeness (QED) is 0.684. The van der Waals surface area contributed by atoms with E-state index in [0.29, 0.717) is 31.4 Å². The van der Waals surface area contributed by atoms with Crippen molar-refractivity contribution in [3.63, 3.8) is 0 Å². The predicted octanol–water partition coefficient (Wildman–Crippen LogP) is 3.42. The molecule has 1 aliphatic carbocycles. The summed E-state index contributed by atoms with van der Waals surface area (Å²) in [5.41, 5.74) is -0.582. The Labute approximate surface area is 119 Å². The molecule has 1 aromatic rings. The predicted molar refractivity (Wildman–Crippen MR) is 68.3 cm³/mol. The van der Waals surface area contributed by atoms with E-state index in [-0.39, 0.29) is 5.92 Å². The van der Waals surface area contributed by atoms with Crippen molar-refractivity contribution in [2.24, 2.45) is 17.8 Å². The summed E-state index contributed by atoms with van der Waals surface area (Å²) in [6, 6.07) is 0.815. The second-order valence-electron chi connectivity index (χ2n) is 5.41. The van der Waals surface area contributed by atoms with Crippen LogP contribution in [0.4, 0.5) is 13.2 Å². The molecule has 0 spiro atoms. The zero-order valence-corrected chi connectivity index (χ0v) is 11.4. The summed E-state index contributed by atoms with van der Waals surface area (Å²) in [4.78, 5) is 23.6. The normalized spacial score (nSPS) is 25.0. The molecule has 114 valence electrons. The maximum Gasteiger partial charge on any atom is 0.307 e. The van der Waals surface area contributed by atoms with Crippen LogP contribution in [0.2, 0.25) is 0 Å². The first-order valence-electron chi connectivity index (χ1n) is 6.76. The molecule has 3 unspecified atom stereocenters. The number of Topliss-reactive ketones (excluding diaryl/α,β-unsaturated/α-hetero) is 1. The number of rotatable bonds is 4. The Hall–Kier alpha value is -1.85. The number of aliphatic carboxylic acids is 1. The Balaban J connectivity index is 2.34. The summed E-state index contributed by atoms with van der Waals surface area (Å²) in [5, 5.41) is 9.18. The molecular formula is C15H15F3O3. The number of carbonyl (C=O) groups excluding carboxylic acids is 1. The Morgan fingerprint density at radius 3 is 2.24 bits per heavy atom. The number of hydrogen-bond acceptors (Lipinski definition) is 2. The number of benzene rings is 1. The summed E-state index contributed by atoms with van der Waals surface area (Å²) >= 11 is 0. The van der Waals surface area contributed by atoms with Gasteiger partial charge in [-0.15, -0.1) is 0 Å². The van der Waals surface area contributed by atoms with Gasteiger partial charge in [0, 0.05) is 12.0 Å². The highest BCUT2D eigenvalue weighted by Gasteiger charge is 2.43. The van der Waals surface area contributed by atoms with Crippen molar-refractivity contribution in [1.29, 1.82) is 0 Å². The highest BCUT2D eigenvalue weighted by Crippen LogP contribution is 2.40. The van der Waals surface area contributed by atoms with Gasteiger partial charge in [-0.3, -0.25) is 9.59 Å². The van der Waals surface area contributed by atoms with Gasteiger partial charge in [0.1, 0.15) is 5.82 Å². The van der Waals surface area contributed by atoms with Crippen LogP contribution in [0.25, 0.3) is 0 Å². The zero-order valence-electron chi connectivity index (χ0n) is 11.4. The highest BCUT2D eigenvalue weighted by molar-refractivity contribution is 6.00. The molecule has 0 radical (unpaired) electrons. The molecule has 3 atom stereocenters. The fourth-order valence-corrected chi connectivity index (χ4v) is 2.95. The average Bonchev–Trinajstić information content (AvgIpc) is 2.86. The minimum atomic E-state index is -1.38. The number of ketones is 1. The average molecular weight is 300 g/mol.